The minimum absolute atomic E-state index is 0.100. The van der Waals surface area contributed by atoms with Crippen LogP contribution in [0, 0.1) is 11.8 Å². The van der Waals surface area contributed by atoms with Crippen LogP contribution in [0.15, 0.2) is 54.6 Å². The minimum atomic E-state index is 0.100. The molecule has 3 rings (SSSR count). The van der Waals surface area contributed by atoms with Crippen LogP contribution in [-0.4, -0.2) is 47.1 Å². The summed E-state index contributed by atoms with van der Waals surface area (Å²) in [6.45, 7) is 2.78. The summed E-state index contributed by atoms with van der Waals surface area (Å²) in [6.07, 6.45) is 3.79. The number of aryl methyl sites for hydroxylation is 1. The van der Waals surface area contributed by atoms with Gasteiger partial charge < -0.3 is 15.1 Å². The molecule has 1 heterocycles. The highest BCUT2D eigenvalue weighted by Gasteiger charge is 2.31. The third kappa shape index (κ3) is 5.65. The summed E-state index contributed by atoms with van der Waals surface area (Å²) in [6, 6.07) is 17.0. The molecule has 27 heavy (non-hydrogen) atoms. The summed E-state index contributed by atoms with van der Waals surface area (Å²) >= 11 is 0. The number of aliphatic hydroxyl groups is 1. The second kappa shape index (κ2) is 9.67. The zero-order chi connectivity index (χ0) is 19.1. The van der Waals surface area contributed by atoms with Gasteiger partial charge in [-0.15, -0.1) is 0 Å². The highest BCUT2D eigenvalue weighted by molar-refractivity contribution is 5.96. The van der Waals surface area contributed by atoms with Gasteiger partial charge in [-0.3, -0.25) is 4.79 Å². The van der Waals surface area contributed by atoms with Gasteiger partial charge in [0.25, 0.3) is 0 Å². The van der Waals surface area contributed by atoms with Gasteiger partial charge >= 0.3 is 0 Å². The van der Waals surface area contributed by atoms with Crippen molar-refractivity contribution in [1.82, 2.24) is 4.90 Å². The fraction of sp³-hybridized carbons (Fsp3) is 0.435. The van der Waals surface area contributed by atoms with E-state index in [0.717, 1.165) is 38.9 Å². The molecule has 4 nitrogen and oxygen atoms in total. The van der Waals surface area contributed by atoms with Crippen LogP contribution in [0.2, 0.25) is 0 Å². The van der Waals surface area contributed by atoms with Gasteiger partial charge in [0, 0.05) is 38.2 Å². The molecule has 1 aliphatic heterocycles. The van der Waals surface area contributed by atoms with Crippen molar-refractivity contribution >= 4 is 5.78 Å². The van der Waals surface area contributed by atoms with Crippen molar-refractivity contribution in [2.24, 2.45) is 11.8 Å². The molecule has 2 N–H and O–H groups in total. The van der Waals surface area contributed by atoms with Crippen LogP contribution in [0.25, 0.3) is 0 Å². The number of aliphatic hydroxyl groups excluding tert-OH is 1. The van der Waals surface area contributed by atoms with Gasteiger partial charge in [0.1, 0.15) is 5.75 Å². The molecule has 0 aliphatic carbocycles. The first kappa shape index (κ1) is 19.6. The summed E-state index contributed by atoms with van der Waals surface area (Å²) in [5, 5.41) is 19.1. The van der Waals surface area contributed by atoms with Crippen molar-refractivity contribution < 1.29 is 15.0 Å². The third-order valence-corrected chi connectivity index (χ3v) is 5.61. The summed E-state index contributed by atoms with van der Waals surface area (Å²) in [5.74, 6) is 1.09. The highest BCUT2D eigenvalue weighted by atomic mass is 16.3. The van der Waals surface area contributed by atoms with Crippen molar-refractivity contribution in [2.75, 3.05) is 26.2 Å². The number of phenols is 1. The largest absolute Gasteiger partial charge is 0.508 e. The van der Waals surface area contributed by atoms with Crippen LogP contribution in [0.1, 0.15) is 35.2 Å². The Morgan fingerprint density at radius 1 is 1.00 bits per heavy atom. The van der Waals surface area contributed by atoms with Gasteiger partial charge in [0.15, 0.2) is 5.78 Å². The lowest BCUT2D eigenvalue weighted by Gasteiger charge is -2.16. The number of rotatable bonds is 9. The molecular weight excluding hydrogens is 338 g/mol. The van der Waals surface area contributed by atoms with Gasteiger partial charge in [-0.05, 0) is 60.9 Å². The lowest BCUT2D eigenvalue weighted by Crippen LogP contribution is -2.24. The molecule has 2 aromatic carbocycles. The van der Waals surface area contributed by atoms with E-state index in [4.69, 9.17) is 0 Å². The maximum Gasteiger partial charge on any atom is 0.164 e. The first-order valence-corrected chi connectivity index (χ1v) is 9.85. The Morgan fingerprint density at radius 3 is 2.41 bits per heavy atom. The van der Waals surface area contributed by atoms with E-state index in [1.807, 2.05) is 6.07 Å². The first-order chi connectivity index (χ1) is 13.2. The lowest BCUT2D eigenvalue weighted by molar-refractivity contribution is 0.0967. The average Bonchev–Trinajstić information content (AvgIpc) is 3.09. The molecule has 2 atom stereocenters. The molecule has 0 aromatic heterocycles. The van der Waals surface area contributed by atoms with Crippen molar-refractivity contribution in [3.05, 3.63) is 65.7 Å². The molecule has 4 heteroatoms. The van der Waals surface area contributed by atoms with E-state index in [0.29, 0.717) is 23.8 Å². The van der Waals surface area contributed by atoms with Crippen molar-refractivity contribution in [3.8, 4) is 5.75 Å². The maximum atomic E-state index is 12.3. The Morgan fingerprint density at radius 2 is 1.70 bits per heavy atom. The molecule has 0 radical (unpaired) electrons. The molecule has 0 amide bonds. The standard InChI is InChI=1S/C23H29NO3/c25-17-21-16-24(14-13-23(27)19-9-11-22(26)12-10-19)15-20(21)8-4-7-18-5-2-1-3-6-18/h1-3,5-6,9-12,20-21,25-26H,4,7-8,13-17H2/t20-,21-/m1/s1. The number of carbonyl (C=O) groups is 1. The first-order valence-electron chi connectivity index (χ1n) is 9.85. The van der Waals surface area contributed by atoms with E-state index >= 15 is 0 Å². The Hall–Kier alpha value is -2.17. The number of phenolic OH excluding ortho intramolecular Hbond substituents is 1. The number of carbonyl (C=O) groups excluding carboxylic acids is 1. The van der Waals surface area contributed by atoms with Crippen molar-refractivity contribution in [1.29, 1.82) is 0 Å². The number of Topliss-reactive ketones (excluding diaryl/α,β-unsaturated/α-hetero) is 1. The molecule has 1 saturated heterocycles. The SMILES string of the molecule is O=C(CCN1C[C@@H](CCCc2ccccc2)[C@@H](CO)C1)c1ccc(O)cc1. The monoisotopic (exact) mass is 367 g/mol. The van der Waals surface area contributed by atoms with Gasteiger partial charge in [0.05, 0.1) is 0 Å². The maximum absolute atomic E-state index is 12.3. The summed E-state index contributed by atoms with van der Waals surface area (Å²) < 4.78 is 0. The number of aromatic hydroxyl groups is 1. The molecule has 1 aliphatic rings. The predicted molar refractivity (Wildman–Crippen MR) is 107 cm³/mol. The van der Waals surface area contributed by atoms with Crippen LogP contribution in [0.4, 0.5) is 0 Å². The van der Waals surface area contributed by atoms with E-state index < -0.39 is 0 Å². The number of benzene rings is 2. The van der Waals surface area contributed by atoms with Crippen LogP contribution in [0.5, 0.6) is 5.75 Å². The summed E-state index contributed by atoms with van der Waals surface area (Å²) in [5.41, 5.74) is 2.01. The predicted octanol–water partition coefficient (Wildman–Crippen LogP) is 3.53. The smallest absolute Gasteiger partial charge is 0.164 e. The second-order valence-electron chi connectivity index (χ2n) is 7.56. The molecule has 2 aromatic rings. The van der Waals surface area contributed by atoms with Gasteiger partial charge in [0.2, 0.25) is 0 Å². The number of ketones is 1. The van der Waals surface area contributed by atoms with Crippen LogP contribution in [0.3, 0.4) is 0 Å². The Kier molecular flexibility index (Phi) is 7.02. The normalized spacial score (nSPS) is 20.0. The Balaban J connectivity index is 1.44. The fourth-order valence-electron chi connectivity index (χ4n) is 4.02. The third-order valence-electron chi connectivity index (χ3n) is 5.61. The number of hydrogen-bond acceptors (Lipinski definition) is 4. The van der Waals surface area contributed by atoms with E-state index in [-0.39, 0.29) is 18.1 Å². The van der Waals surface area contributed by atoms with E-state index in [9.17, 15) is 15.0 Å². The molecule has 0 saturated carbocycles. The molecule has 0 spiro atoms. The highest BCUT2D eigenvalue weighted by Crippen LogP contribution is 2.28. The molecule has 0 unspecified atom stereocenters. The van der Waals surface area contributed by atoms with Crippen molar-refractivity contribution in [3.63, 3.8) is 0 Å². The molecular formula is C23H29NO3. The lowest BCUT2D eigenvalue weighted by atomic mass is 9.91. The number of hydrogen-bond donors (Lipinski definition) is 2. The number of likely N-dealkylation sites (tertiary alicyclic amines) is 1. The summed E-state index contributed by atoms with van der Waals surface area (Å²) in [4.78, 5) is 14.6. The van der Waals surface area contributed by atoms with E-state index in [2.05, 4.69) is 29.2 Å². The Bertz CT molecular complexity index is 714. The topological polar surface area (TPSA) is 60.8 Å². The van der Waals surface area contributed by atoms with Gasteiger partial charge in [-0.25, -0.2) is 0 Å². The second-order valence-corrected chi connectivity index (χ2v) is 7.56. The minimum Gasteiger partial charge on any atom is -0.508 e. The average molecular weight is 367 g/mol. The van der Waals surface area contributed by atoms with Gasteiger partial charge in [-0.1, -0.05) is 30.3 Å². The number of nitrogens with zero attached hydrogens (tertiary/aromatic N) is 1. The molecule has 1 fully saturated rings. The molecule has 144 valence electrons. The van der Waals surface area contributed by atoms with E-state index in [1.165, 1.54) is 5.56 Å². The van der Waals surface area contributed by atoms with Gasteiger partial charge in [-0.2, -0.15) is 0 Å². The zero-order valence-corrected chi connectivity index (χ0v) is 15.8. The fourth-order valence-corrected chi connectivity index (χ4v) is 4.02. The Labute approximate surface area is 161 Å². The van der Waals surface area contributed by atoms with Crippen LogP contribution in [-0.2, 0) is 6.42 Å². The quantitative estimate of drug-likeness (QED) is 0.666. The summed E-state index contributed by atoms with van der Waals surface area (Å²) in [7, 11) is 0. The zero-order valence-electron chi connectivity index (χ0n) is 15.8. The molecule has 0 bridgehead atoms. The van der Waals surface area contributed by atoms with Crippen LogP contribution < -0.4 is 0 Å². The van der Waals surface area contributed by atoms with E-state index in [1.54, 1.807) is 24.3 Å². The van der Waals surface area contributed by atoms with Crippen LogP contribution >= 0.6 is 0 Å². The van der Waals surface area contributed by atoms with Crippen molar-refractivity contribution in [2.45, 2.75) is 25.7 Å².